The van der Waals surface area contributed by atoms with Crippen LogP contribution < -0.4 is 5.56 Å². The molecule has 0 fully saturated rings. The van der Waals surface area contributed by atoms with E-state index in [2.05, 4.69) is 9.89 Å². The molecule has 18 heavy (non-hydrogen) atoms. The third kappa shape index (κ3) is 3.89. The molecule has 2 rings (SSSR count). The van der Waals surface area contributed by atoms with Crippen LogP contribution in [0, 0.1) is 6.92 Å². The van der Waals surface area contributed by atoms with Crippen molar-refractivity contribution in [1.82, 2.24) is 5.16 Å². The van der Waals surface area contributed by atoms with Crippen LogP contribution in [-0.2, 0) is 9.53 Å². The van der Waals surface area contributed by atoms with Crippen molar-refractivity contribution in [3.05, 3.63) is 33.4 Å². The molecule has 2 aromatic rings. The average molecular weight is 269 g/mol. The minimum atomic E-state index is -0.211. The first-order valence-corrected chi connectivity index (χ1v) is 6.29. The zero-order chi connectivity index (χ0) is 13.5. The molecule has 0 bridgehead atoms. The number of esters is 1. The quantitative estimate of drug-likeness (QED) is 0.850. The summed E-state index contributed by atoms with van der Waals surface area (Å²) in [6, 6.07) is 3.84. The topological polar surface area (TPSA) is 72.3 Å². The van der Waals surface area contributed by atoms with E-state index in [4.69, 9.17) is 4.52 Å². The third-order valence-corrected chi connectivity index (χ3v) is 2.89. The molecule has 2 heterocycles. The molecule has 0 saturated carbocycles. The largest absolute Gasteiger partial charge is 0.466 e. The van der Waals surface area contributed by atoms with Gasteiger partial charge in [-0.2, -0.15) is 5.16 Å². The van der Waals surface area contributed by atoms with Crippen molar-refractivity contribution in [3.8, 4) is 10.6 Å². The number of nitrogens with one attached hydrogen (secondary N) is 1. The van der Waals surface area contributed by atoms with Gasteiger partial charge in [0, 0.05) is 6.92 Å². The Kier molecular flexibility index (Phi) is 5.38. The minimum Gasteiger partial charge on any atom is -0.466 e. The van der Waals surface area contributed by atoms with Crippen LogP contribution in [0.1, 0.15) is 19.4 Å². The molecule has 0 amide bonds. The predicted octanol–water partition coefficient (Wildman–Crippen LogP) is 2.57. The Morgan fingerprint density at radius 3 is 2.61 bits per heavy atom. The molecule has 0 saturated heterocycles. The fourth-order valence-electron chi connectivity index (χ4n) is 1.20. The summed E-state index contributed by atoms with van der Waals surface area (Å²) in [5.41, 5.74) is 0.482. The lowest BCUT2D eigenvalue weighted by Gasteiger charge is -1.89. The number of aromatic amines is 1. The van der Waals surface area contributed by atoms with E-state index in [1.54, 1.807) is 25.2 Å². The van der Waals surface area contributed by atoms with Crippen LogP contribution in [0.3, 0.4) is 0 Å². The zero-order valence-electron chi connectivity index (χ0n) is 10.5. The van der Waals surface area contributed by atoms with Crippen molar-refractivity contribution < 1.29 is 14.1 Å². The van der Waals surface area contributed by atoms with Crippen LogP contribution in [0.2, 0.25) is 0 Å². The Morgan fingerprint density at radius 2 is 2.28 bits per heavy atom. The number of H-pyrrole nitrogens is 1. The average Bonchev–Trinajstić information content (AvgIpc) is 2.91. The molecular weight excluding hydrogens is 254 g/mol. The summed E-state index contributed by atoms with van der Waals surface area (Å²) in [6.45, 7) is 5.40. The van der Waals surface area contributed by atoms with Crippen LogP contribution in [-0.4, -0.2) is 17.7 Å². The first kappa shape index (κ1) is 14.2. The Balaban J connectivity index is 0.000000232. The summed E-state index contributed by atoms with van der Waals surface area (Å²) < 4.78 is 9.42. The maximum atomic E-state index is 11.0. The Hall–Kier alpha value is -1.82. The molecule has 98 valence electrons. The van der Waals surface area contributed by atoms with Crippen molar-refractivity contribution in [2.24, 2.45) is 0 Å². The van der Waals surface area contributed by atoms with E-state index in [0.29, 0.717) is 17.9 Å². The van der Waals surface area contributed by atoms with Gasteiger partial charge in [0.2, 0.25) is 0 Å². The molecule has 0 aliphatic carbocycles. The molecule has 2 aromatic heterocycles. The normalized spacial score (nSPS) is 9.50. The minimum absolute atomic E-state index is 0.154. The Morgan fingerprint density at radius 1 is 1.56 bits per heavy atom. The summed E-state index contributed by atoms with van der Waals surface area (Å²) in [4.78, 5) is 21.8. The van der Waals surface area contributed by atoms with Crippen molar-refractivity contribution in [1.29, 1.82) is 0 Å². The maximum absolute atomic E-state index is 11.0. The second kappa shape index (κ2) is 6.80. The highest BCUT2D eigenvalue weighted by Crippen LogP contribution is 2.25. The van der Waals surface area contributed by atoms with E-state index >= 15 is 0 Å². The van der Waals surface area contributed by atoms with Gasteiger partial charge in [-0.1, -0.05) is 6.07 Å². The SMILES string of the molecule is CCOC(C)=O.Cc1c(-c2cccs2)o[nH]c1=O. The first-order valence-electron chi connectivity index (χ1n) is 5.41. The number of hydrogen-bond acceptors (Lipinski definition) is 5. The number of rotatable bonds is 2. The molecular formula is C12H15NO4S. The number of aromatic nitrogens is 1. The van der Waals surface area contributed by atoms with Crippen molar-refractivity contribution >= 4 is 17.3 Å². The molecule has 0 unspecified atom stereocenters. The van der Waals surface area contributed by atoms with Gasteiger partial charge in [-0.3, -0.25) is 9.59 Å². The zero-order valence-corrected chi connectivity index (χ0v) is 11.3. The molecule has 0 aliphatic rings. The van der Waals surface area contributed by atoms with Crippen molar-refractivity contribution in [2.75, 3.05) is 6.61 Å². The van der Waals surface area contributed by atoms with Crippen LogP contribution in [0.25, 0.3) is 10.6 Å². The van der Waals surface area contributed by atoms with E-state index in [-0.39, 0.29) is 11.5 Å². The number of thiophene rings is 1. The van der Waals surface area contributed by atoms with Gasteiger partial charge in [0.1, 0.15) is 0 Å². The first-order chi connectivity index (χ1) is 8.56. The lowest BCUT2D eigenvalue weighted by molar-refractivity contribution is -0.140. The van der Waals surface area contributed by atoms with Gasteiger partial charge in [-0.05, 0) is 25.3 Å². The van der Waals surface area contributed by atoms with Crippen LogP contribution in [0.4, 0.5) is 0 Å². The summed E-state index contributed by atoms with van der Waals surface area (Å²) >= 11 is 1.55. The fraction of sp³-hybridized carbons (Fsp3) is 0.333. The second-order valence-electron chi connectivity index (χ2n) is 3.39. The van der Waals surface area contributed by atoms with Gasteiger partial charge in [-0.15, -0.1) is 11.3 Å². The van der Waals surface area contributed by atoms with Crippen LogP contribution >= 0.6 is 11.3 Å². The smallest absolute Gasteiger partial charge is 0.302 e. The predicted molar refractivity (Wildman–Crippen MR) is 69.7 cm³/mol. The summed E-state index contributed by atoms with van der Waals surface area (Å²) in [7, 11) is 0. The molecule has 0 atom stereocenters. The van der Waals surface area contributed by atoms with Gasteiger partial charge in [0.05, 0.1) is 17.0 Å². The molecule has 6 heteroatoms. The van der Waals surface area contributed by atoms with E-state index < -0.39 is 0 Å². The van der Waals surface area contributed by atoms with Gasteiger partial charge in [-0.25, -0.2) is 0 Å². The van der Waals surface area contributed by atoms with Gasteiger partial charge in [0.25, 0.3) is 5.56 Å². The van der Waals surface area contributed by atoms with Crippen molar-refractivity contribution in [3.63, 3.8) is 0 Å². The van der Waals surface area contributed by atoms with Crippen LogP contribution in [0.5, 0.6) is 0 Å². The van der Waals surface area contributed by atoms with E-state index in [1.165, 1.54) is 6.92 Å². The summed E-state index contributed by atoms with van der Waals surface area (Å²) in [5, 5.41) is 4.25. The second-order valence-corrected chi connectivity index (χ2v) is 4.34. The molecule has 0 spiro atoms. The lowest BCUT2D eigenvalue weighted by Crippen LogP contribution is -2.00. The fourth-order valence-corrected chi connectivity index (χ4v) is 1.96. The highest BCUT2D eigenvalue weighted by atomic mass is 32.1. The summed E-state index contributed by atoms with van der Waals surface area (Å²) in [5.74, 6) is 0.438. The standard InChI is InChI=1S/C8H7NO2S.C4H8O2/c1-5-7(11-9-8(5)10)6-3-2-4-12-6;1-3-6-4(2)5/h2-4H,1H3,(H,9,10);3H2,1-2H3. The van der Waals surface area contributed by atoms with E-state index in [1.807, 2.05) is 17.5 Å². The Bertz CT molecular complexity index is 539. The monoisotopic (exact) mass is 269 g/mol. The maximum Gasteiger partial charge on any atom is 0.302 e. The molecule has 0 aromatic carbocycles. The van der Waals surface area contributed by atoms with E-state index in [0.717, 1.165) is 4.88 Å². The van der Waals surface area contributed by atoms with Crippen LogP contribution in [0.15, 0.2) is 26.8 Å². The number of hydrogen-bond donors (Lipinski definition) is 1. The Labute approximate surface area is 108 Å². The summed E-state index contributed by atoms with van der Waals surface area (Å²) in [6.07, 6.45) is 0. The number of ether oxygens (including phenoxy) is 1. The highest BCUT2D eigenvalue weighted by Gasteiger charge is 2.10. The van der Waals surface area contributed by atoms with Gasteiger partial charge < -0.3 is 9.26 Å². The number of carbonyl (C=O) groups is 1. The lowest BCUT2D eigenvalue weighted by atomic mass is 10.2. The molecule has 0 radical (unpaired) electrons. The highest BCUT2D eigenvalue weighted by molar-refractivity contribution is 7.13. The number of carbonyl (C=O) groups excluding carboxylic acids is 1. The molecule has 5 nitrogen and oxygen atoms in total. The third-order valence-electron chi connectivity index (χ3n) is 2.02. The van der Waals surface area contributed by atoms with Gasteiger partial charge >= 0.3 is 5.97 Å². The molecule has 1 N–H and O–H groups in total. The van der Waals surface area contributed by atoms with Crippen molar-refractivity contribution in [2.45, 2.75) is 20.8 Å². The van der Waals surface area contributed by atoms with E-state index in [9.17, 15) is 9.59 Å². The molecule has 0 aliphatic heterocycles. The van der Waals surface area contributed by atoms with Gasteiger partial charge in [0.15, 0.2) is 5.76 Å².